The van der Waals surface area contributed by atoms with Gasteiger partial charge >= 0.3 is 12.0 Å². The standard InChI is InChI=1S/C13H24N2O3/c1-13(2,3)6-7-14-12(18)15-8-4-5-10(15)9-11(16)17/h10H,4-9H2,1-3H3,(H,14,18)(H,16,17). The van der Waals surface area contributed by atoms with Gasteiger partial charge in [-0.15, -0.1) is 0 Å². The maximum absolute atomic E-state index is 11.9. The molecule has 1 fully saturated rings. The molecule has 5 heteroatoms. The monoisotopic (exact) mass is 256 g/mol. The van der Waals surface area contributed by atoms with Gasteiger partial charge in [0.15, 0.2) is 0 Å². The Morgan fingerprint density at radius 3 is 2.61 bits per heavy atom. The number of carboxylic acid groups (broad SMARTS) is 1. The lowest BCUT2D eigenvalue weighted by atomic mass is 9.92. The highest BCUT2D eigenvalue weighted by molar-refractivity contribution is 5.76. The van der Waals surface area contributed by atoms with Crippen molar-refractivity contribution in [3.8, 4) is 0 Å². The number of nitrogens with zero attached hydrogens (tertiary/aromatic N) is 1. The zero-order chi connectivity index (χ0) is 13.8. The minimum Gasteiger partial charge on any atom is -0.481 e. The van der Waals surface area contributed by atoms with Crippen LogP contribution in [0, 0.1) is 5.41 Å². The van der Waals surface area contributed by atoms with E-state index in [0.29, 0.717) is 13.1 Å². The molecule has 0 spiro atoms. The number of hydrogen-bond acceptors (Lipinski definition) is 2. The Morgan fingerprint density at radius 1 is 1.39 bits per heavy atom. The number of hydrogen-bond donors (Lipinski definition) is 2. The van der Waals surface area contributed by atoms with Crippen LogP contribution in [-0.4, -0.2) is 41.1 Å². The van der Waals surface area contributed by atoms with E-state index >= 15 is 0 Å². The maximum Gasteiger partial charge on any atom is 0.317 e. The Kier molecular flexibility index (Phi) is 4.99. The number of aliphatic carboxylic acids is 1. The molecule has 5 nitrogen and oxygen atoms in total. The molecule has 0 radical (unpaired) electrons. The molecule has 1 aliphatic rings. The molecule has 1 saturated heterocycles. The SMILES string of the molecule is CC(C)(C)CCNC(=O)N1CCCC1CC(=O)O. The van der Waals surface area contributed by atoms with Crippen molar-refractivity contribution >= 4 is 12.0 Å². The van der Waals surface area contributed by atoms with Crippen molar-refractivity contribution in [2.24, 2.45) is 5.41 Å². The normalized spacial score (nSPS) is 19.9. The van der Waals surface area contributed by atoms with E-state index in [1.807, 2.05) is 0 Å². The number of nitrogens with one attached hydrogen (secondary N) is 1. The van der Waals surface area contributed by atoms with E-state index in [2.05, 4.69) is 26.1 Å². The van der Waals surface area contributed by atoms with Gasteiger partial charge in [0.05, 0.1) is 6.42 Å². The Hall–Kier alpha value is -1.26. The van der Waals surface area contributed by atoms with E-state index in [-0.39, 0.29) is 23.9 Å². The smallest absolute Gasteiger partial charge is 0.317 e. The zero-order valence-corrected chi connectivity index (χ0v) is 11.5. The fraction of sp³-hybridized carbons (Fsp3) is 0.846. The van der Waals surface area contributed by atoms with Crippen molar-refractivity contribution in [1.82, 2.24) is 10.2 Å². The van der Waals surface area contributed by atoms with Crippen LogP contribution in [0.25, 0.3) is 0 Å². The quantitative estimate of drug-likeness (QED) is 0.809. The summed E-state index contributed by atoms with van der Waals surface area (Å²) in [5.41, 5.74) is 0.193. The summed E-state index contributed by atoms with van der Waals surface area (Å²) in [4.78, 5) is 24.3. The van der Waals surface area contributed by atoms with Crippen molar-refractivity contribution in [3.63, 3.8) is 0 Å². The molecule has 0 bridgehead atoms. The molecule has 1 unspecified atom stereocenters. The topological polar surface area (TPSA) is 69.6 Å². The van der Waals surface area contributed by atoms with Gasteiger partial charge in [0.2, 0.25) is 0 Å². The third kappa shape index (κ3) is 4.94. The molecule has 0 aromatic carbocycles. The van der Waals surface area contributed by atoms with Crippen molar-refractivity contribution in [2.45, 2.75) is 52.5 Å². The summed E-state index contributed by atoms with van der Waals surface area (Å²) in [6, 6.07) is -0.264. The molecule has 0 aromatic rings. The fourth-order valence-corrected chi connectivity index (χ4v) is 2.16. The van der Waals surface area contributed by atoms with Crippen LogP contribution in [0.3, 0.4) is 0 Å². The second-order valence-corrected chi connectivity index (χ2v) is 6.13. The molecule has 2 N–H and O–H groups in total. The number of likely N-dealkylation sites (tertiary alicyclic amines) is 1. The van der Waals surface area contributed by atoms with Crippen LogP contribution in [-0.2, 0) is 4.79 Å². The summed E-state index contributed by atoms with van der Waals surface area (Å²) >= 11 is 0. The predicted molar refractivity (Wildman–Crippen MR) is 69.5 cm³/mol. The highest BCUT2D eigenvalue weighted by atomic mass is 16.4. The van der Waals surface area contributed by atoms with Crippen LogP contribution >= 0.6 is 0 Å². The molecule has 1 atom stereocenters. The molecule has 18 heavy (non-hydrogen) atoms. The lowest BCUT2D eigenvalue weighted by Gasteiger charge is -2.25. The van der Waals surface area contributed by atoms with E-state index in [9.17, 15) is 9.59 Å². The summed E-state index contributed by atoms with van der Waals surface area (Å²) in [6.45, 7) is 7.69. The molecule has 104 valence electrons. The van der Waals surface area contributed by atoms with Gasteiger partial charge in [-0.3, -0.25) is 4.79 Å². The van der Waals surface area contributed by atoms with Gasteiger partial charge < -0.3 is 15.3 Å². The number of amides is 2. The van der Waals surface area contributed by atoms with Crippen LogP contribution in [0.15, 0.2) is 0 Å². The fourth-order valence-electron chi connectivity index (χ4n) is 2.16. The average molecular weight is 256 g/mol. The predicted octanol–water partition coefficient (Wildman–Crippen LogP) is 2.07. The first kappa shape index (κ1) is 14.8. The molecule has 0 aromatic heterocycles. The summed E-state index contributed by atoms with van der Waals surface area (Å²) < 4.78 is 0. The molecule has 0 saturated carbocycles. The molecular formula is C13H24N2O3. The van der Waals surface area contributed by atoms with Crippen LogP contribution in [0.4, 0.5) is 4.79 Å². The van der Waals surface area contributed by atoms with Gasteiger partial charge in [-0.2, -0.15) is 0 Å². The average Bonchev–Trinajstić information content (AvgIpc) is 2.62. The lowest BCUT2D eigenvalue weighted by Crippen LogP contribution is -2.44. The van der Waals surface area contributed by atoms with Crippen LogP contribution in [0.2, 0.25) is 0 Å². The molecule has 1 rings (SSSR count). The minimum absolute atomic E-state index is 0.0483. The van der Waals surface area contributed by atoms with Crippen LogP contribution in [0.1, 0.15) is 46.5 Å². The van der Waals surface area contributed by atoms with Gasteiger partial charge in [-0.05, 0) is 24.7 Å². The van der Waals surface area contributed by atoms with Gasteiger partial charge in [-0.1, -0.05) is 20.8 Å². The van der Waals surface area contributed by atoms with Crippen LogP contribution < -0.4 is 5.32 Å². The second-order valence-electron chi connectivity index (χ2n) is 6.13. The first-order valence-electron chi connectivity index (χ1n) is 6.56. The summed E-state index contributed by atoms with van der Waals surface area (Å²) in [5.74, 6) is -0.839. The van der Waals surface area contributed by atoms with E-state index in [4.69, 9.17) is 5.11 Å². The number of carbonyl (C=O) groups excluding carboxylic acids is 1. The van der Waals surface area contributed by atoms with E-state index in [1.165, 1.54) is 0 Å². The third-order valence-electron chi connectivity index (χ3n) is 3.20. The first-order chi connectivity index (χ1) is 8.29. The molecular weight excluding hydrogens is 232 g/mol. The Morgan fingerprint density at radius 2 is 2.06 bits per heavy atom. The van der Waals surface area contributed by atoms with Crippen LogP contribution in [0.5, 0.6) is 0 Å². The van der Waals surface area contributed by atoms with Gasteiger partial charge in [-0.25, -0.2) is 4.79 Å². The second kappa shape index (κ2) is 6.07. The van der Waals surface area contributed by atoms with E-state index in [0.717, 1.165) is 19.3 Å². The minimum atomic E-state index is -0.839. The van der Waals surface area contributed by atoms with Crippen molar-refractivity contribution < 1.29 is 14.7 Å². The third-order valence-corrected chi connectivity index (χ3v) is 3.20. The number of urea groups is 1. The Bertz CT molecular complexity index is 310. The van der Waals surface area contributed by atoms with Crippen molar-refractivity contribution in [3.05, 3.63) is 0 Å². The van der Waals surface area contributed by atoms with E-state index < -0.39 is 5.97 Å². The zero-order valence-electron chi connectivity index (χ0n) is 11.5. The Labute approximate surface area is 109 Å². The summed E-state index contributed by atoms with van der Waals surface area (Å²) in [5, 5.41) is 11.7. The van der Waals surface area contributed by atoms with Gasteiger partial charge in [0.1, 0.15) is 0 Å². The van der Waals surface area contributed by atoms with Gasteiger partial charge in [0.25, 0.3) is 0 Å². The highest BCUT2D eigenvalue weighted by Crippen LogP contribution is 2.21. The molecule has 0 aliphatic carbocycles. The van der Waals surface area contributed by atoms with Crippen molar-refractivity contribution in [1.29, 1.82) is 0 Å². The largest absolute Gasteiger partial charge is 0.481 e. The lowest BCUT2D eigenvalue weighted by molar-refractivity contribution is -0.137. The van der Waals surface area contributed by atoms with E-state index in [1.54, 1.807) is 4.90 Å². The Balaban J connectivity index is 2.38. The highest BCUT2D eigenvalue weighted by Gasteiger charge is 2.30. The summed E-state index contributed by atoms with van der Waals surface area (Å²) in [7, 11) is 0. The summed E-state index contributed by atoms with van der Waals surface area (Å²) in [6.07, 6.45) is 2.65. The van der Waals surface area contributed by atoms with Gasteiger partial charge in [0, 0.05) is 19.1 Å². The number of carboxylic acids is 1. The van der Waals surface area contributed by atoms with Crippen molar-refractivity contribution in [2.75, 3.05) is 13.1 Å². The number of carbonyl (C=O) groups is 2. The first-order valence-corrected chi connectivity index (χ1v) is 6.56. The maximum atomic E-state index is 11.9. The molecule has 2 amide bonds. The number of rotatable bonds is 4. The molecule has 1 heterocycles. The molecule has 1 aliphatic heterocycles.